The standard InChI is InChI=1S/C18H15N7O2S/c1-11-9-10-25(23-11)15-7-8-16(22-21-15)27-14-5-3-13(4-6-14)19-18(26)17-12(2)20-24-28-17/h3-10H,1-2H3,(H,19,26). The number of amides is 1. The molecule has 0 aliphatic carbocycles. The maximum atomic E-state index is 12.2. The number of carbonyl (C=O) groups excluding carboxylic acids is 1. The molecule has 9 nitrogen and oxygen atoms in total. The summed E-state index contributed by atoms with van der Waals surface area (Å²) in [5.41, 5.74) is 2.14. The van der Waals surface area contributed by atoms with E-state index in [2.05, 4.69) is 30.2 Å². The normalized spacial score (nSPS) is 10.6. The molecule has 10 heteroatoms. The van der Waals surface area contributed by atoms with Gasteiger partial charge in [0.05, 0.1) is 11.4 Å². The first-order chi connectivity index (χ1) is 13.6. The second kappa shape index (κ2) is 7.53. The van der Waals surface area contributed by atoms with Crippen molar-refractivity contribution in [3.8, 4) is 17.4 Å². The van der Waals surface area contributed by atoms with Gasteiger partial charge < -0.3 is 10.1 Å². The number of rotatable bonds is 5. The van der Waals surface area contributed by atoms with E-state index in [-0.39, 0.29) is 5.91 Å². The second-order valence-corrected chi connectivity index (χ2v) is 6.65. The fraction of sp³-hybridized carbons (Fsp3) is 0.111. The molecule has 0 bridgehead atoms. The number of aryl methyl sites for hydroxylation is 2. The van der Waals surface area contributed by atoms with Crippen molar-refractivity contribution in [3.05, 3.63) is 64.9 Å². The molecule has 0 radical (unpaired) electrons. The average molecular weight is 393 g/mol. The van der Waals surface area contributed by atoms with Crippen LogP contribution in [0.15, 0.2) is 48.7 Å². The van der Waals surface area contributed by atoms with E-state index in [4.69, 9.17) is 4.74 Å². The van der Waals surface area contributed by atoms with Gasteiger partial charge in [-0.25, -0.2) is 4.68 Å². The molecule has 0 saturated heterocycles. The Morgan fingerprint density at radius 1 is 1.04 bits per heavy atom. The predicted octanol–water partition coefficient (Wildman–Crippen LogP) is 3.18. The molecule has 0 aliphatic rings. The number of benzene rings is 1. The molecule has 140 valence electrons. The van der Waals surface area contributed by atoms with E-state index < -0.39 is 0 Å². The third-order valence-electron chi connectivity index (χ3n) is 3.78. The Labute approximate surface area is 164 Å². The van der Waals surface area contributed by atoms with Crippen LogP contribution >= 0.6 is 11.5 Å². The summed E-state index contributed by atoms with van der Waals surface area (Å²) in [6.07, 6.45) is 1.82. The molecule has 1 N–H and O–H groups in total. The first kappa shape index (κ1) is 17.7. The second-order valence-electron chi connectivity index (χ2n) is 5.90. The van der Waals surface area contributed by atoms with Gasteiger partial charge in [0.1, 0.15) is 10.6 Å². The summed E-state index contributed by atoms with van der Waals surface area (Å²) in [6.45, 7) is 3.65. The third kappa shape index (κ3) is 3.86. The highest BCUT2D eigenvalue weighted by Gasteiger charge is 2.13. The SMILES string of the molecule is Cc1ccn(-c2ccc(Oc3ccc(NC(=O)c4snnc4C)cc3)nn2)n1. The van der Waals surface area contributed by atoms with Crippen molar-refractivity contribution in [2.24, 2.45) is 0 Å². The number of carbonyl (C=O) groups is 1. The van der Waals surface area contributed by atoms with Crippen LogP contribution in [-0.2, 0) is 0 Å². The fourth-order valence-electron chi connectivity index (χ4n) is 2.39. The van der Waals surface area contributed by atoms with Crippen LogP contribution in [0.1, 0.15) is 21.1 Å². The molecular formula is C18H15N7O2S. The van der Waals surface area contributed by atoms with Crippen molar-refractivity contribution in [1.82, 2.24) is 29.6 Å². The van der Waals surface area contributed by atoms with Crippen molar-refractivity contribution in [3.63, 3.8) is 0 Å². The third-order valence-corrected chi connectivity index (χ3v) is 4.60. The molecular weight excluding hydrogens is 378 g/mol. The monoisotopic (exact) mass is 393 g/mol. The molecule has 0 atom stereocenters. The maximum absolute atomic E-state index is 12.2. The average Bonchev–Trinajstić information content (AvgIpc) is 3.32. The number of hydrogen-bond acceptors (Lipinski definition) is 8. The lowest BCUT2D eigenvalue weighted by molar-refractivity contribution is 0.103. The van der Waals surface area contributed by atoms with Gasteiger partial charge in [-0.15, -0.1) is 15.3 Å². The minimum atomic E-state index is -0.239. The first-order valence-electron chi connectivity index (χ1n) is 8.33. The number of hydrogen-bond donors (Lipinski definition) is 1. The van der Waals surface area contributed by atoms with E-state index in [1.165, 1.54) is 0 Å². The van der Waals surface area contributed by atoms with E-state index >= 15 is 0 Å². The van der Waals surface area contributed by atoms with E-state index in [1.54, 1.807) is 48.0 Å². The molecule has 4 rings (SSSR count). The van der Waals surface area contributed by atoms with Crippen LogP contribution in [0.4, 0.5) is 5.69 Å². The smallest absolute Gasteiger partial charge is 0.269 e. The molecule has 0 fully saturated rings. The number of nitrogens with zero attached hydrogens (tertiary/aromatic N) is 6. The summed E-state index contributed by atoms with van der Waals surface area (Å²) >= 11 is 1.06. The Morgan fingerprint density at radius 2 is 1.86 bits per heavy atom. The zero-order valence-electron chi connectivity index (χ0n) is 15.0. The Kier molecular flexibility index (Phi) is 4.77. The Balaban J connectivity index is 1.40. The number of nitrogens with one attached hydrogen (secondary N) is 1. The van der Waals surface area contributed by atoms with E-state index in [0.29, 0.717) is 33.7 Å². The van der Waals surface area contributed by atoms with Crippen molar-refractivity contribution in [1.29, 1.82) is 0 Å². The van der Waals surface area contributed by atoms with E-state index in [9.17, 15) is 4.79 Å². The maximum Gasteiger partial charge on any atom is 0.269 e. The molecule has 1 amide bonds. The molecule has 0 spiro atoms. The van der Waals surface area contributed by atoms with Gasteiger partial charge >= 0.3 is 0 Å². The van der Waals surface area contributed by atoms with Gasteiger partial charge in [-0.1, -0.05) is 4.49 Å². The minimum Gasteiger partial charge on any atom is -0.438 e. The van der Waals surface area contributed by atoms with E-state index in [0.717, 1.165) is 17.2 Å². The lowest BCUT2D eigenvalue weighted by atomic mass is 10.3. The van der Waals surface area contributed by atoms with Crippen molar-refractivity contribution < 1.29 is 9.53 Å². The fourth-order valence-corrected chi connectivity index (χ4v) is 2.94. The van der Waals surface area contributed by atoms with Gasteiger partial charge in [0, 0.05) is 18.0 Å². The zero-order valence-corrected chi connectivity index (χ0v) is 15.8. The van der Waals surface area contributed by atoms with Crippen molar-refractivity contribution in [2.45, 2.75) is 13.8 Å². The molecule has 28 heavy (non-hydrogen) atoms. The van der Waals surface area contributed by atoms with Gasteiger partial charge in [-0.2, -0.15) is 5.10 Å². The summed E-state index contributed by atoms with van der Waals surface area (Å²) in [6, 6.07) is 12.3. The number of ether oxygens (including phenoxy) is 1. The lowest BCUT2D eigenvalue weighted by Crippen LogP contribution is -2.11. The van der Waals surface area contributed by atoms with Crippen LogP contribution in [-0.4, -0.2) is 35.5 Å². The zero-order chi connectivity index (χ0) is 19.5. The van der Waals surface area contributed by atoms with Crippen molar-refractivity contribution >= 4 is 23.1 Å². The number of anilines is 1. The highest BCUT2D eigenvalue weighted by atomic mass is 32.1. The van der Waals surface area contributed by atoms with Crippen molar-refractivity contribution in [2.75, 3.05) is 5.32 Å². The largest absolute Gasteiger partial charge is 0.438 e. The summed E-state index contributed by atoms with van der Waals surface area (Å²) in [5.74, 6) is 1.30. The highest BCUT2D eigenvalue weighted by Crippen LogP contribution is 2.22. The van der Waals surface area contributed by atoms with Crippen LogP contribution in [0.2, 0.25) is 0 Å². The number of aromatic nitrogens is 6. The molecule has 3 heterocycles. The Hall–Kier alpha value is -3.66. The topological polar surface area (TPSA) is 108 Å². The van der Waals surface area contributed by atoms with Gasteiger partial charge in [0.15, 0.2) is 5.82 Å². The Bertz CT molecular complexity index is 1100. The summed E-state index contributed by atoms with van der Waals surface area (Å²) in [5, 5.41) is 19.1. The van der Waals surface area contributed by atoms with Gasteiger partial charge in [-0.3, -0.25) is 4.79 Å². The van der Waals surface area contributed by atoms with Gasteiger partial charge in [0.2, 0.25) is 5.88 Å². The first-order valence-corrected chi connectivity index (χ1v) is 9.10. The van der Waals surface area contributed by atoms with Crippen LogP contribution in [0.3, 0.4) is 0 Å². The van der Waals surface area contributed by atoms with Gasteiger partial charge in [-0.05, 0) is 61.8 Å². The highest BCUT2D eigenvalue weighted by molar-refractivity contribution is 7.08. The molecule has 1 aromatic carbocycles. The molecule has 3 aromatic heterocycles. The summed E-state index contributed by atoms with van der Waals surface area (Å²) in [4.78, 5) is 12.7. The molecule has 0 saturated carbocycles. The molecule has 4 aromatic rings. The van der Waals surface area contributed by atoms with Crippen LogP contribution in [0.5, 0.6) is 11.6 Å². The summed E-state index contributed by atoms with van der Waals surface area (Å²) in [7, 11) is 0. The summed E-state index contributed by atoms with van der Waals surface area (Å²) < 4.78 is 11.1. The molecule has 0 aliphatic heterocycles. The Morgan fingerprint density at radius 3 is 2.46 bits per heavy atom. The lowest BCUT2D eigenvalue weighted by Gasteiger charge is -2.07. The molecule has 0 unspecified atom stereocenters. The quantitative estimate of drug-likeness (QED) is 0.555. The van der Waals surface area contributed by atoms with Gasteiger partial charge in [0.25, 0.3) is 5.91 Å². The van der Waals surface area contributed by atoms with Crippen LogP contribution in [0.25, 0.3) is 5.82 Å². The van der Waals surface area contributed by atoms with Crippen LogP contribution < -0.4 is 10.1 Å². The van der Waals surface area contributed by atoms with E-state index in [1.807, 2.05) is 19.2 Å². The minimum absolute atomic E-state index is 0.239. The predicted molar refractivity (Wildman–Crippen MR) is 103 cm³/mol. The van der Waals surface area contributed by atoms with Crippen LogP contribution in [0, 0.1) is 13.8 Å².